The first-order valence-electron chi connectivity index (χ1n) is 3.96. The third-order valence-corrected chi connectivity index (χ3v) is 2.51. The van der Waals surface area contributed by atoms with E-state index < -0.39 is 15.7 Å². The molecule has 0 amide bonds. The second-order valence-corrected chi connectivity index (χ2v) is 4.68. The molecule has 0 fully saturated rings. The summed E-state index contributed by atoms with van der Waals surface area (Å²) in [4.78, 5) is 0. The summed E-state index contributed by atoms with van der Waals surface area (Å²) in [5.74, 6) is 0. The Kier molecular flexibility index (Phi) is 4.16. The van der Waals surface area contributed by atoms with E-state index in [0.717, 1.165) is 6.26 Å². The van der Waals surface area contributed by atoms with Gasteiger partial charge in [0.2, 0.25) is 0 Å². The third-order valence-electron chi connectivity index (χ3n) is 1.97. The average Bonchev–Trinajstić information content (AvgIpc) is 1.99. The number of nitrogens with two attached hydrogens (primary N) is 1. The molecule has 0 aliphatic carbocycles. The summed E-state index contributed by atoms with van der Waals surface area (Å²) in [6.45, 7) is 3.89. The van der Waals surface area contributed by atoms with E-state index >= 15 is 0 Å². The van der Waals surface area contributed by atoms with Gasteiger partial charge in [-0.05, 0) is 12.8 Å². The second-order valence-electron chi connectivity index (χ2n) is 3.04. The predicted octanol–water partition coefficient (Wildman–Crippen LogP) is 0.480. The summed E-state index contributed by atoms with van der Waals surface area (Å²) in [5, 5.41) is 0. The van der Waals surface area contributed by atoms with E-state index in [1.165, 1.54) is 0 Å². The molecule has 0 saturated carbocycles. The lowest BCUT2D eigenvalue weighted by atomic mass is 9.96. The predicted molar refractivity (Wildman–Crippen MR) is 48.3 cm³/mol. The molecule has 0 heterocycles. The van der Waals surface area contributed by atoms with Gasteiger partial charge in [-0.15, -0.1) is 0 Å². The number of rotatable bonds is 5. The van der Waals surface area contributed by atoms with Gasteiger partial charge in [0.15, 0.2) is 0 Å². The molecule has 0 unspecified atom stereocenters. The lowest BCUT2D eigenvalue weighted by molar-refractivity contribution is 0.214. The third kappa shape index (κ3) is 4.69. The molecule has 0 spiro atoms. The highest BCUT2D eigenvalue weighted by Gasteiger charge is 2.22. The molecule has 0 aromatic heterocycles. The van der Waals surface area contributed by atoms with Crippen molar-refractivity contribution < 1.29 is 12.6 Å². The van der Waals surface area contributed by atoms with Crippen LogP contribution in [-0.4, -0.2) is 26.8 Å². The van der Waals surface area contributed by atoms with Gasteiger partial charge in [0.25, 0.3) is 10.1 Å². The quantitative estimate of drug-likeness (QED) is 0.648. The zero-order valence-corrected chi connectivity index (χ0v) is 8.65. The molecular formula is C7H17NO3S. The minimum absolute atomic E-state index is 0.0683. The minimum atomic E-state index is -3.36. The van der Waals surface area contributed by atoms with Crippen LogP contribution < -0.4 is 5.73 Å². The number of hydrogen-bond donors (Lipinski definition) is 1. The monoisotopic (exact) mass is 195 g/mol. The lowest BCUT2D eigenvalue weighted by Crippen LogP contribution is -2.43. The molecule has 0 bridgehead atoms. The topological polar surface area (TPSA) is 69.4 Å². The second kappa shape index (κ2) is 4.20. The Morgan fingerprint density at radius 1 is 1.33 bits per heavy atom. The Hall–Kier alpha value is -0.130. The molecule has 74 valence electrons. The summed E-state index contributed by atoms with van der Waals surface area (Å²) in [6, 6.07) is 0. The van der Waals surface area contributed by atoms with Crippen LogP contribution in [0.15, 0.2) is 0 Å². The van der Waals surface area contributed by atoms with Crippen LogP contribution in [0.25, 0.3) is 0 Å². The van der Waals surface area contributed by atoms with Gasteiger partial charge in [0, 0.05) is 5.54 Å². The Balaban J connectivity index is 4.07. The van der Waals surface area contributed by atoms with Crippen LogP contribution in [0, 0.1) is 0 Å². The Morgan fingerprint density at radius 3 is 2.00 bits per heavy atom. The van der Waals surface area contributed by atoms with Crippen LogP contribution in [0.4, 0.5) is 0 Å². The van der Waals surface area contributed by atoms with Crippen molar-refractivity contribution in [3.05, 3.63) is 0 Å². The molecule has 4 nitrogen and oxygen atoms in total. The van der Waals surface area contributed by atoms with Crippen LogP contribution >= 0.6 is 0 Å². The van der Waals surface area contributed by atoms with Crippen LogP contribution in [0.3, 0.4) is 0 Å². The Bertz CT molecular complexity index is 219. The van der Waals surface area contributed by atoms with Gasteiger partial charge in [-0.1, -0.05) is 13.8 Å². The molecule has 0 atom stereocenters. The fraction of sp³-hybridized carbons (Fsp3) is 1.00. The van der Waals surface area contributed by atoms with E-state index in [9.17, 15) is 8.42 Å². The zero-order valence-electron chi connectivity index (χ0n) is 7.83. The van der Waals surface area contributed by atoms with Crippen LogP contribution in [0.5, 0.6) is 0 Å². The molecule has 0 saturated heterocycles. The first-order valence-corrected chi connectivity index (χ1v) is 5.78. The molecule has 0 aromatic carbocycles. The highest BCUT2D eigenvalue weighted by Crippen LogP contribution is 2.12. The van der Waals surface area contributed by atoms with E-state index in [2.05, 4.69) is 4.18 Å². The summed E-state index contributed by atoms with van der Waals surface area (Å²) < 4.78 is 25.9. The molecule has 0 radical (unpaired) electrons. The Morgan fingerprint density at radius 2 is 1.75 bits per heavy atom. The van der Waals surface area contributed by atoms with Crippen LogP contribution in [0.2, 0.25) is 0 Å². The molecule has 2 N–H and O–H groups in total. The van der Waals surface area contributed by atoms with Gasteiger partial charge in [-0.2, -0.15) is 8.42 Å². The van der Waals surface area contributed by atoms with E-state index in [0.29, 0.717) is 12.8 Å². The van der Waals surface area contributed by atoms with Gasteiger partial charge in [0.05, 0.1) is 12.9 Å². The van der Waals surface area contributed by atoms with E-state index in [1.807, 2.05) is 13.8 Å². The van der Waals surface area contributed by atoms with Gasteiger partial charge in [0.1, 0.15) is 0 Å². The van der Waals surface area contributed by atoms with Crippen LogP contribution in [-0.2, 0) is 14.3 Å². The van der Waals surface area contributed by atoms with Gasteiger partial charge in [-0.3, -0.25) is 4.18 Å². The molecule has 0 aliphatic rings. The van der Waals surface area contributed by atoms with Crippen molar-refractivity contribution >= 4 is 10.1 Å². The zero-order chi connectivity index (χ0) is 9.83. The van der Waals surface area contributed by atoms with Crippen LogP contribution in [0.1, 0.15) is 26.7 Å². The highest BCUT2D eigenvalue weighted by molar-refractivity contribution is 7.85. The molecular weight excluding hydrogens is 178 g/mol. The van der Waals surface area contributed by atoms with Crippen molar-refractivity contribution in [3.63, 3.8) is 0 Å². The molecule has 0 aromatic rings. The van der Waals surface area contributed by atoms with Crippen molar-refractivity contribution in [2.45, 2.75) is 32.2 Å². The smallest absolute Gasteiger partial charge is 0.264 e. The van der Waals surface area contributed by atoms with Crippen molar-refractivity contribution in [1.82, 2.24) is 0 Å². The maximum atomic E-state index is 10.6. The average molecular weight is 195 g/mol. The SMILES string of the molecule is CCC(N)(CC)COS(C)(=O)=O. The number of hydrogen-bond acceptors (Lipinski definition) is 4. The summed E-state index contributed by atoms with van der Waals surface area (Å²) in [5.41, 5.74) is 5.30. The van der Waals surface area contributed by atoms with Crippen molar-refractivity contribution in [3.8, 4) is 0 Å². The Labute approximate surface area is 74.2 Å². The fourth-order valence-corrected chi connectivity index (χ4v) is 1.13. The van der Waals surface area contributed by atoms with Crippen molar-refractivity contribution in [2.75, 3.05) is 12.9 Å². The van der Waals surface area contributed by atoms with Crippen molar-refractivity contribution in [2.24, 2.45) is 5.73 Å². The lowest BCUT2D eigenvalue weighted by Gasteiger charge is -2.25. The summed E-state index contributed by atoms with van der Waals surface area (Å²) in [6.07, 6.45) is 2.44. The van der Waals surface area contributed by atoms with E-state index in [4.69, 9.17) is 5.73 Å². The van der Waals surface area contributed by atoms with Gasteiger partial charge >= 0.3 is 0 Å². The first-order chi connectivity index (χ1) is 5.33. The maximum absolute atomic E-state index is 10.6. The molecule has 12 heavy (non-hydrogen) atoms. The van der Waals surface area contributed by atoms with Gasteiger partial charge in [-0.25, -0.2) is 0 Å². The minimum Gasteiger partial charge on any atom is -0.323 e. The summed E-state index contributed by atoms with van der Waals surface area (Å²) in [7, 11) is -3.36. The van der Waals surface area contributed by atoms with Crippen molar-refractivity contribution in [1.29, 1.82) is 0 Å². The van der Waals surface area contributed by atoms with E-state index in [-0.39, 0.29) is 6.61 Å². The molecule has 0 aliphatic heterocycles. The normalized spacial score (nSPS) is 13.3. The molecule has 5 heteroatoms. The first kappa shape index (κ1) is 11.9. The van der Waals surface area contributed by atoms with Gasteiger partial charge < -0.3 is 5.73 Å². The fourth-order valence-electron chi connectivity index (χ4n) is 0.679. The molecule has 0 rings (SSSR count). The highest BCUT2D eigenvalue weighted by atomic mass is 32.2. The summed E-state index contributed by atoms with van der Waals surface area (Å²) >= 11 is 0. The maximum Gasteiger partial charge on any atom is 0.264 e. The largest absolute Gasteiger partial charge is 0.323 e. The standard InChI is InChI=1S/C7H17NO3S/c1-4-7(8,5-2)6-11-12(3,9)10/h4-6,8H2,1-3H3. The van der Waals surface area contributed by atoms with E-state index in [1.54, 1.807) is 0 Å².